The number of aromatic nitrogens is 3. The number of thioether (sulfide) groups is 1. The molecule has 1 aliphatic heterocycles. The van der Waals surface area contributed by atoms with Crippen molar-refractivity contribution in [2.75, 3.05) is 5.75 Å². The molecule has 0 saturated heterocycles. The SMILES string of the molecule is C=NO/C(=C\Cc1cccs1)c1cc(=O)n2c(c1C1CC1)SCC2C(=O)O.CC.c1c[nH]cn1. The van der Waals surface area contributed by atoms with Gasteiger partial charge in [-0.05, 0) is 41.8 Å². The zero-order valence-corrected chi connectivity index (χ0v) is 20.8. The maximum Gasteiger partial charge on any atom is 0.327 e. The number of carboxylic acids is 1. The summed E-state index contributed by atoms with van der Waals surface area (Å²) in [6.45, 7) is 7.41. The molecule has 0 spiro atoms. The third-order valence-corrected chi connectivity index (χ3v) is 7.18. The molecular formula is C24H28N4O4S2. The van der Waals surface area contributed by atoms with E-state index < -0.39 is 12.0 Å². The minimum atomic E-state index is -0.977. The number of fused-ring (bicyclic) bond motifs is 1. The van der Waals surface area contributed by atoms with Gasteiger partial charge in [-0.25, -0.2) is 9.78 Å². The highest BCUT2D eigenvalue weighted by Gasteiger charge is 2.38. The van der Waals surface area contributed by atoms with Crippen LogP contribution < -0.4 is 5.56 Å². The predicted molar refractivity (Wildman–Crippen MR) is 137 cm³/mol. The molecule has 0 aromatic carbocycles. The number of carbonyl (C=O) groups is 1. The Bertz CT molecular complexity index is 1150. The van der Waals surface area contributed by atoms with Gasteiger partial charge in [0, 0.05) is 47.8 Å². The second kappa shape index (κ2) is 12.4. The number of nitrogens with zero attached hydrogens (tertiary/aromatic N) is 3. The lowest BCUT2D eigenvalue weighted by Crippen LogP contribution is -2.29. The van der Waals surface area contributed by atoms with Crippen molar-refractivity contribution in [3.63, 3.8) is 0 Å². The number of hydrogen-bond donors (Lipinski definition) is 2. The highest BCUT2D eigenvalue weighted by Crippen LogP contribution is 2.49. The predicted octanol–water partition coefficient (Wildman–Crippen LogP) is 5.17. The van der Waals surface area contributed by atoms with Crippen LogP contribution in [-0.4, -0.2) is 38.1 Å². The van der Waals surface area contributed by atoms with Crippen LogP contribution in [0.4, 0.5) is 0 Å². The molecule has 180 valence electrons. The fourth-order valence-corrected chi connectivity index (χ4v) is 5.61. The maximum absolute atomic E-state index is 12.7. The lowest BCUT2D eigenvalue weighted by molar-refractivity contribution is -0.140. The monoisotopic (exact) mass is 500 g/mol. The topological polar surface area (TPSA) is 110 Å². The quantitative estimate of drug-likeness (QED) is 0.263. The van der Waals surface area contributed by atoms with Crippen LogP contribution >= 0.6 is 23.1 Å². The van der Waals surface area contributed by atoms with Gasteiger partial charge in [0.15, 0.2) is 5.76 Å². The number of aliphatic carboxylic acids is 1. The molecule has 1 aliphatic carbocycles. The highest BCUT2D eigenvalue weighted by atomic mass is 32.2. The van der Waals surface area contributed by atoms with Crippen molar-refractivity contribution in [3.8, 4) is 0 Å². The minimum Gasteiger partial charge on any atom is -0.480 e. The molecule has 34 heavy (non-hydrogen) atoms. The zero-order valence-electron chi connectivity index (χ0n) is 19.1. The average Bonchev–Trinajstić information content (AvgIpc) is 3.29. The summed E-state index contributed by atoms with van der Waals surface area (Å²) in [5.41, 5.74) is 1.39. The van der Waals surface area contributed by atoms with Gasteiger partial charge >= 0.3 is 5.97 Å². The molecule has 2 aliphatic rings. The Kier molecular flexibility index (Phi) is 9.29. The van der Waals surface area contributed by atoms with Gasteiger partial charge in [0.05, 0.1) is 11.4 Å². The molecule has 5 rings (SSSR count). The van der Waals surface area contributed by atoms with E-state index >= 15 is 0 Å². The first-order valence-electron chi connectivity index (χ1n) is 11.0. The van der Waals surface area contributed by atoms with Crippen molar-refractivity contribution in [2.24, 2.45) is 5.16 Å². The summed E-state index contributed by atoms with van der Waals surface area (Å²) in [6.07, 6.45) is 9.70. The molecular weight excluding hydrogens is 472 g/mol. The Morgan fingerprint density at radius 1 is 1.44 bits per heavy atom. The third-order valence-electron chi connectivity index (χ3n) is 5.11. The van der Waals surface area contributed by atoms with Gasteiger partial charge in [-0.3, -0.25) is 9.36 Å². The lowest BCUT2D eigenvalue weighted by atomic mass is 10.0. The number of oxime groups is 1. The Labute approximate surface area is 206 Å². The number of pyridine rings is 1. The first-order chi connectivity index (χ1) is 16.6. The van der Waals surface area contributed by atoms with Crippen LogP contribution in [0.1, 0.15) is 54.7 Å². The van der Waals surface area contributed by atoms with E-state index in [1.165, 1.54) is 27.3 Å². The first-order valence-corrected chi connectivity index (χ1v) is 12.9. The van der Waals surface area contributed by atoms with Crippen LogP contribution in [0.5, 0.6) is 0 Å². The van der Waals surface area contributed by atoms with E-state index in [1.807, 2.05) is 37.4 Å². The van der Waals surface area contributed by atoms with Crippen LogP contribution in [0.25, 0.3) is 5.76 Å². The third kappa shape index (κ3) is 6.06. The van der Waals surface area contributed by atoms with E-state index in [0.717, 1.165) is 23.4 Å². The smallest absolute Gasteiger partial charge is 0.327 e. The lowest BCUT2D eigenvalue weighted by Gasteiger charge is -2.16. The molecule has 4 heterocycles. The molecule has 3 aromatic heterocycles. The summed E-state index contributed by atoms with van der Waals surface area (Å²) in [7, 11) is 0. The Hall–Kier alpha value is -3.11. The number of thiophene rings is 1. The van der Waals surface area contributed by atoms with Gasteiger partial charge in [-0.2, -0.15) is 0 Å². The molecule has 10 heteroatoms. The molecule has 3 aromatic rings. The number of nitrogens with one attached hydrogen (secondary N) is 1. The maximum atomic E-state index is 12.7. The van der Waals surface area contributed by atoms with Crippen molar-refractivity contribution >= 4 is 41.5 Å². The van der Waals surface area contributed by atoms with Crippen LogP contribution in [0.3, 0.4) is 0 Å². The van der Waals surface area contributed by atoms with Crippen LogP contribution in [0, 0.1) is 0 Å². The molecule has 8 nitrogen and oxygen atoms in total. The van der Waals surface area contributed by atoms with Gasteiger partial charge in [-0.1, -0.05) is 25.1 Å². The Morgan fingerprint density at radius 3 is 2.76 bits per heavy atom. The summed E-state index contributed by atoms with van der Waals surface area (Å²) in [4.78, 5) is 37.3. The normalized spacial score (nSPS) is 16.4. The second-order valence-electron chi connectivity index (χ2n) is 7.26. The van der Waals surface area contributed by atoms with Gasteiger partial charge in [-0.15, -0.1) is 23.1 Å². The fraction of sp³-hybridized carbons (Fsp3) is 0.333. The zero-order chi connectivity index (χ0) is 24.5. The number of allylic oxidation sites excluding steroid dienone is 1. The standard InChI is InChI=1S/C19H18N2O4S2.C3H4N2.C2H6/c1-20-25-15(7-6-12-3-2-8-26-12)13-9-16(22)21-14(19(23)24)10-27-18(21)17(13)11-4-5-11;1-2-5-3-4-1;1-2/h2-3,7-9,11,14H,1,4-6,10H2,(H,23,24);1-3H,(H,4,5);1-2H3/b15-7-;;. The van der Waals surface area contributed by atoms with Crippen molar-refractivity contribution in [2.45, 2.75) is 50.1 Å². The van der Waals surface area contributed by atoms with Crippen molar-refractivity contribution < 1.29 is 14.7 Å². The average molecular weight is 501 g/mol. The van der Waals surface area contributed by atoms with Crippen LogP contribution in [-0.2, 0) is 16.1 Å². The summed E-state index contributed by atoms with van der Waals surface area (Å²) in [5.74, 6) is 0.207. The number of hydrogen-bond acceptors (Lipinski definition) is 7. The number of carboxylic acid groups (broad SMARTS) is 1. The van der Waals surface area contributed by atoms with Crippen molar-refractivity contribution in [1.29, 1.82) is 0 Å². The summed E-state index contributed by atoms with van der Waals surface area (Å²) >= 11 is 3.08. The minimum absolute atomic E-state index is 0.320. The summed E-state index contributed by atoms with van der Waals surface area (Å²) in [6, 6.07) is 4.69. The Morgan fingerprint density at radius 2 is 2.24 bits per heavy atom. The molecule has 1 unspecified atom stereocenters. The van der Waals surface area contributed by atoms with E-state index in [-0.39, 0.29) is 5.56 Å². The van der Waals surface area contributed by atoms with E-state index in [9.17, 15) is 14.7 Å². The largest absolute Gasteiger partial charge is 0.480 e. The fourth-order valence-electron chi connectivity index (χ4n) is 3.55. The van der Waals surface area contributed by atoms with Crippen LogP contribution in [0.15, 0.2) is 63.4 Å². The van der Waals surface area contributed by atoms with Gasteiger partial charge in [0.1, 0.15) is 6.04 Å². The van der Waals surface area contributed by atoms with Crippen LogP contribution in [0.2, 0.25) is 0 Å². The van der Waals surface area contributed by atoms with Gasteiger partial charge < -0.3 is 14.9 Å². The van der Waals surface area contributed by atoms with E-state index in [2.05, 4.69) is 21.8 Å². The van der Waals surface area contributed by atoms with Gasteiger partial charge in [0.25, 0.3) is 5.56 Å². The first kappa shape index (κ1) is 25.5. The number of rotatable bonds is 7. The molecule has 1 fully saturated rings. The van der Waals surface area contributed by atoms with E-state index in [0.29, 0.717) is 29.4 Å². The Balaban J connectivity index is 0.000000404. The molecule has 2 N–H and O–H groups in total. The molecule has 1 saturated carbocycles. The number of aromatic amines is 1. The van der Waals surface area contributed by atoms with E-state index in [4.69, 9.17) is 4.84 Å². The summed E-state index contributed by atoms with van der Waals surface area (Å²) < 4.78 is 1.42. The summed E-state index contributed by atoms with van der Waals surface area (Å²) in [5, 5.41) is 15.8. The van der Waals surface area contributed by atoms with E-state index in [1.54, 1.807) is 30.1 Å². The van der Waals surface area contributed by atoms with Gasteiger partial charge in [0.2, 0.25) is 0 Å². The molecule has 0 radical (unpaired) electrons. The second-order valence-corrected chi connectivity index (χ2v) is 9.30. The molecule has 0 amide bonds. The molecule has 0 bridgehead atoms. The number of imidazole rings is 1. The number of H-pyrrole nitrogens is 1. The van der Waals surface area contributed by atoms with Crippen molar-refractivity contribution in [1.82, 2.24) is 14.5 Å². The van der Waals surface area contributed by atoms with Crippen molar-refractivity contribution in [3.05, 3.63) is 74.7 Å². The molecule has 1 atom stereocenters. The highest BCUT2D eigenvalue weighted by molar-refractivity contribution is 7.99.